The molecule has 1 amide bonds. The summed E-state index contributed by atoms with van der Waals surface area (Å²) in [6.07, 6.45) is 0.312. The van der Waals surface area contributed by atoms with E-state index in [0.29, 0.717) is 44.4 Å². The number of carboxylic acid groups (broad SMARTS) is 2. The van der Waals surface area contributed by atoms with Crippen LogP contribution in [0.1, 0.15) is 97.2 Å². The van der Waals surface area contributed by atoms with E-state index in [1.807, 2.05) is 32.2 Å². The monoisotopic (exact) mass is 875 g/mol. The van der Waals surface area contributed by atoms with Crippen molar-refractivity contribution in [2.75, 3.05) is 31.3 Å². The molecule has 0 spiro atoms. The van der Waals surface area contributed by atoms with Crippen molar-refractivity contribution >= 4 is 74.8 Å². The number of aliphatic hydroxyl groups excluding tert-OH is 2. The minimum atomic E-state index is -1.32. The number of esters is 1. The molecule has 1 saturated heterocycles. The summed E-state index contributed by atoms with van der Waals surface area (Å²) in [5.41, 5.74) is 0.218. The first-order valence-corrected chi connectivity index (χ1v) is 22.8. The highest BCUT2D eigenvalue weighted by atomic mass is 33.1. The molecule has 2 rings (SSSR count). The number of ketones is 1. The van der Waals surface area contributed by atoms with Crippen molar-refractivity contribution in [1.82, 2.24) is 15.6 Å². The predicted octanol–water partition coefficient (Wildman–Crippen LogP) is 4.88. The molecule has 19 heteroatoms. The van der Waals surface area contributed by atoms with Crippen LogP contribution >= 0.6 is 32.9 Å². The number of cyclic esters (lactones) is 1. The number of carbonyl (C=O) groups excluding carboxylic acids is 4. The van der Waals surface area contributed by atoms with Crippen molar-refractivity contribution in [2.45, 2.75) is 124 Å². The maximum absolute atomic E-state index is 13.5. The van der Waals surface area contributed by atoms with E-state index in [1.54, 1.807) is 20.8 Å². The highest BCUT2D eigenvalue weighted by molar-refractivity contribution is 8.76. The van der Waals surface area contributed by atoms with Gasteiger partial charge in [0.1, 0.15) is 31.1 Å². The Morgan fingerprint density at radius 1 is 1.07 bits per heavy atom. The van der Waals surface area contributed by atoms with Crippen LogP contribution in [0.15, 0.2) is 11.0 Å². The molecule has 16 nitrogen and oxygen atoms in total. The molecular weight excluding hydrogens is 815 g/mol. The summed E-state index contributed by atoms with van der Waals surface area (Å²) in [5, 5.41) is 49.0. The number of aryl methyl sites for hydroxylation is 1. The normalized spacial score (nSPS) is 24.9. The number of aliphatic hydroxyl groups is 2. The number of carbonyl (C=O) groups is 6. The molecule has 1 aliphatic rings. The molecular formula is C39H61N3O13S3. The topological polar surface area (TPSA) is 248 Å². The predicted molar refractivity (Wildman–Crippen MR) is 222 cm³/mol. The Kier molecular flexibility index (Phi) is 22.3. The van der Waals surface area contributed by atoms with Gasteiger partial charge in [-0.05, 0) is 57.1 Å². The van der Waals surface area contributed by atoms with Gasteiger partial charge in [-0.15, -0.1) is 11.3 Å². The Morgan fingerprint density at radius 3 is 2.40 bits per heavy atom. The lowest BCUT2D eigenvalue weighted by Crippen LogP contribution is -2.45. The molecule has 8 unspecified atom stereocenters. The Labute approximate surface area is 352 Å². The molecule has 1 aromatic heterocycles. The summed E-state index contributed by atoms with van der Waals surface area (Å²) in [4.78, 5) is 78.0. The molecule has 0 aliphatic carbocycles. The average molecular weight is 876 g/mol. The van der Waals surface area contributed by atoms with Crippen LogP contribution < -0.4 is 10.6 Å². The molecule has 0 aromatic carbocycles. The van der Waals surface area contributed by atoms with Gasteiger partial charge in [-0.1, -0.05) is 62.6 Å². The number of aromatic nitrogens is 1. The number of amides is 1. The van der Waals surface area contributed by atoms with Gasteiger partial charge in [0.15, 0.2) is 0 Å². The second-order valence-corrected chi connectivity index (χ2v) is 19.0. The molecule has 0 saturated carbocycles. The largest absolute Gasteiger partial charge is 0.508 e. The van der Waals surface area contributed by atoms with Crippen molar-refractivity contribution in [3.8, 4) is 0 Å². The summed E-state index contributed by atoms with van der Waals surface area (Å²) < 4.78 is 16.3. The average Bonchev–Trinajstić information content (AvgIpc) is 3.56. The summed E-state index contributed by atoms with van der Waals surface area (Å²) in [7, 11) is 2.38. The summed E-state index contributed by atoms with van der Waals surface area (Å²) in [6, 6.07) is -1.31. The summed E-state index contributed by atoms with van der Waals surface area (Å²) >= 11 is 1.50. The fourth-order valence-electron chi connectivity index (χ4n) is 6.35. The van der Waals surface area contributed by atoms with Gasteiger partial charge in [0.05, 0.1) is 41.2 Å². The van der Waals surface area contributed by atoms with Crippen LogP contribution in [-0.4, -0.2) is 123 Å². The quantitative estimate of drug-likeness (QED) is 0.0693. The van der Waals surface area contributed by atoms with E-state index in [0.717, 1.165) is 27.1 Å². The lowest BCUT2D eigenvalue weighted by molar-refractivity contribution is -0.154. The number of Topliss-reactive ketones (excluding diaryl/α,β-unsaturated/α-hetero) is 1. The number of nitrogens with zero attached hydrogens (tertiary/aromatic N) is 1. The third-order valence-electron chi connectivity index (χ3n) is 10.1. The molecule has 8 atom stereocenters. The van der Waals surface area contributed by atoms with Crippen molar-refractivity contribution < 1.29 is 63.4 Å². The fraction of sp³-hybridized carbons (Fsp3) is 0.718. The maximum atomic E-state index is 13.5. The molecule has 6 N–H and O–H groups in total. The summed E-state index contributed by atoms with van der Waals surface area (Å²) in [6.45, 7) is 12.1. The standard InChI is InChI=1S/C39H61N3O13S3/c1-22-9-8-10-27(40-13-14-53-38(52)54-15-16-57-58-21-29(37(50)51)42-36(49)24(3)18-32(44)45)11-12-30(23(2)17-28-20-56-26(5)41-28)55-33(46)19-31(43)39(6,7)35(48)25(4)34(22)47/h17,20,22,24-25,27,29-31,34,40,43,47H,8-16,18-19,21H2,1-7H3,(H,42,49)(H,44,45)(H,50,51)/b23-17+. The SMILES string of the molecule is C/C(=C\c1csc(C)n1)C1CCC(NCCOC(=O)OCCSSCC(NC(=O)C(C)CC(=O)O)C(=O)O)CCCC(C)C(O)C(C)C(=O)C(C)(C)C(O)CC(=O)O1. The van der Waals surface area contributed by atoms with Crippen LogP contribution in [0.2, 0.25) is 0 Å². The zero-order valence-electron chi connectivity index (χ0n) is 34.4. The number of nitrogens with one attached hydrogen (secondary N) is 2. The second kappa shape index (κ2) is 25.4. The molecule has 1 fully saturated rings. The van der Waals surface area contributed by atoms with E-state index in [9.17, 15) is 44.1 Å². The van der Waals surface area contributed by atoms with Crippen LogP contribution in [-0.2, 0) is 38.2 Å². The van der Waals surface area contributed by atoms with Crippen molar-refractivity contribution in [1.29, 1.82) is 0 Å². The molecule has 2 heterocycles. The lowest BCUT2D eigenvalue weighted by atomic mass is 9.73. The molecule has 0 radical (unpaired) electrons. The van der Waals surface area contributed by atoms with Gasteiger partial charge in [-0.3, -0.25) is 19.2 Å². The van der Waals surface area contributed by atoms with Crippen molar-refractivity contribution in [2.24, 2.45) is 23.2 Å². The molecule has 58 heavy (non-hydrogen) atoms. The Morgan fingerprint density at radius 2 is 1.76 bits per heavy atom. The highest BCUT2D eigenvalue weighted by Crippen LogP contribution is 2.33. The van der Waals surface area contributed by atoms with Gasteiger partial charge >= 0.3 is 24.1 Å². The zero-order valence-corrected chi connectivity index (χ0v) is 36.8. The van der Waals surface area contributed by atoms with Crippen LogP contribution in [0.5, 0.6) is 0 Å². The van der Waals surface area contributed by atoms with E-state index in [-0.39, 0.29) is 36.7 Å². The lowest BCUT2D eigenvalue weighted by Gasteiger charge is -2.34. The van der Waals surface area contributed by atoms with Crippen LogP contribution in [0.4, 0.5) is 4.79 Å². The van der Waals surface area contributed by atoms with Crippen molar-refractivity contribution in [3.63, 3.8) is 0 Å². The molecule has 328 valence electrons. The number of carboxylic acids is 2. The Hall–Kier alpha value is -3.23. The minimum Gasteiger partial charge on any atom is -0.481 e. The number of ether oxygens (including phenoxy) is 3. The van der Waals surface area contributed by atoms with Gasteiger partial charge in [0, 0.05) is 41.3 Å². The number of hydrogen-bond donors (Lipinski definition) is 6. The fourth-order valence-corrected chi connectivity index (χ4v) is 8.90. The Balaban J connectivity index is 1.98. The van der Waals surface area contributed by atoms with E-state index in [1.165, 1.54) is 29.1 Å². The van der Waals surface area contributed by atoms with Gasteiger partial charge < -0.3 is 45.3 Å². The maximum Gasteiger partial charge on any atom is 0.508 e. The molecule has 0 bridgehead atoms. The number of aliphatic carboxylic acids is 2. The number of hydrogen-bond acceptors (Lipinski definition) is 16. The van der Waals surface area contributed by atoms with Crippen molar-refractivity contribution in [3.05, 3.63) is 21.7 Å². The Bertz CT molecular complexity index is 1550. The second-order valence-electron chi connectivity index (χ2n) is 15.3. The van der Waals surface area contributed by atoms with E-state index in [4.69, 9.17) is 19.3 Å². The number of rotatable bonds is 17. The van der Waals surface area contributed by atoms with E-state index < -0.39 is 84.4 Å². The van der Waals surface area contributed by atoms with Crippen LogP contribution in [0, 0.1) is 30.1 Å². The minimum absolute atomic E-state index is 0.000452. The van der Waals surface area contributed by atoms with E-state index >= 15 is 0 Å². The first-order chi connectivity index (χ1) is 27.2. The van der Waals surface area contributed by atoms with Crippen LogP contribution in [0.25, 0.3) is 6.08 Å². The number of thiazole rings is 1. The molecule has 1 aliphatic heterocycles. The highest BCUT2D eigenvalue weighted by Gasteiger charge is 2.42. The van der Waals surface area contributed by atoms with Gasteiger partial charge in [-0.2, -0.15) is 0 Å². The van der Waals surface area contributed by atoms with Gasteiger partial charge in [-0.25, -0.2) is 14.6 Å². The third kappa shape index (κ3) is 17.9. The van der Waals surface area contributed by atoms with Crippen LogP contribution in [0.3, 0.4) is 0 Å². The molecule has 1 aromatic rings. The first kappa shape index (κ1) is 50.9. The first-order valence-electron chi connectivity index (χ1n) is 19.4. The summed E-state index contributed by atoms with van der Waals surface area (Å²) in [5.74, 6) is -5.62. The van der Waals surface area contributed by atoms with Gasteiger partial charge in [0.2, 0.25) is 5.91 Å². The van der Waals surface area contributed by atoms with Gasteiger partial charge in [0.25, 0.3) is 0 Å². The smallest absolute Gasteiger partial charge is 0.481 e. The zero-order chi connectivity index (χ0) is 43.6. The third-order valence-corrected chi connectivity index (χ3v) is 13.3. The van der Waals surface area contributed by atoms with E-state index in [2.05, 4.69) is 15.6 Å².